The minimum Gasteiger partial charge on any atom is -0.321 e. The molecule has 0 aliphatic rings. The van der Waals surface area contributed by atoms with Crippen molar-refractivity contribution in [3.05, 3.63) is 58.3 Å². The van der Waals surface area contributed by atoms with Crippen molar-refractivity contribution in [3.63, 3.8) is 0 Å². The number of anilines is 1. The van der Waals surface area contributed by atoms with E-state index in [2.05, 4.69) is 21.2 Å². The molecule has 0 atom stereocenters. The van der Waals surface area contributed by atoms with E-state index in [1.54, 1.807) is 0 Å². The van der Waals surface area contributed by atoms with Crippen LogP contribution in [0, 0.1) is 5.82 Å². The van der Waals surface area contributed by atoms with Gasteiger partial charge in [0.15, 0.2) is 0 Å². The Labute approximate surface area is 133 Å². The number of rotatable bonds is 3. The average molecular weight is 393 g/mol. The van der Waals surface area contributed by atoms with Gasteiger partial charge < -0.3 is 5.32 Å². The molecule has 8 heteroatoms. The van der Waals surface area contributed by atoms with Crippen LogP contribution in [0.3, 0.4) is 0 Å². The molecule has 0 spiro atoms. The van der Waals surface area contributed by atoms with Crippen molar-refractivity contribution in [2.24, 2.45) is 0 Å². The van der Waals surface area contributed by atoms with Crippen molar-refractivity contribution < 1.29 is 17.6 Å². The Kier molecular flexibility index (Phi) is 4.65. The molecule has 0 unspecified atom stereocenters. The molecule has 110 valence electrons. The Morgan fingerprint density at radius 3 is 2.43 bits per heavy atom. The Balaban J connectivity index is 2.29. The molecule has 1 amide bonds. The van der Waals surface area contributed by atoms with Crippen LogP contribution in [0.5, 0.6) is 0 Å². The predicted molar refractivity (Wildman–Crippen MR) is 81.5 cm³/mol. The Morgan fingerprint density at radius 1 is 1.19 bits per heavy atom. The first kappa shape index (κ1) is 15.9. The molecule has 21 heavy (non-hydrogen) atoms. The molecule has 2 aromatic carbocycles. The second kappa shape index (κ2) is 6.13. The van der Waals surface area contributed by atoms with Crippen LogP contribution in [0.4, 0.5) is 10.1 Å². The van der Waals surface area contributed by atoms with Crippen molar-refractivity contribution in [2.75, 3.05) is 5.32 Å². The Bertz CT molecular complexity index is 811. The summed E-state index contributed by atoms with van der Waals surface area (Å²) >= 11 is 3.13. The smallest absolute Gasteiger partial charge is 0.261 e. The van der Waals surface area contributed by atoms with Gasteiger partial charge in [0, 0.05) is 15.2 Å². The van der Waals surface area contributed by atoms with E-state index in [9.17, 15) is 17.6 Å². The molecule has 0 bridgehead atoms. The SMILES string of the molecule is O=C(Nc1ccc(S(=O)(=O)Cl)cc1Br)c1ccccc1F. The van der Waals surface area contributed by atoms with Gasteiger partial charge in [-0.15, -0.1) is 0 Å². The van der Waals surface area contributed by atoms with Gasteiger partial charge in [0.2, 0.25) is 0 Å². The van der Waals surface area contributed by atoms with E-state index < -0.39 is 20.8 Å². The summed E-state index contributed by atoms with van der Waals surface area (Å²) in [5, 5.41) is 2.48. The minimum atomic E-state index is -3.86. The van der Waals surface area contributed by atoms with E-state index in [-0.39, 0.29) is 10.5 Å². The normalized spacial score (nSPS) is 11.2. The summed E-state index contributed by atoms with van der Waals surface area (Å²) in [6.45, 7) is 0. The zero-order chi connectivity index (χ0) is 15.6. The number of carbonyl (C=O) groups is 1. The van der Waals surface area contributed by atoms with E-state index in [0.29, 0.717) is 10.2 Å². The van der Waals surface area contributed by atoms with Gasteiger partial charge in [-0.05, 0) is 46.3 Å². The Morgan fingerprint density at radius 2 is 1.86 bits per heavy atom. The van der Waals surface area contributed by atoms with Crippen LogP contribution in [0.2, 0.25) is 0 Å². The van der Waals surface area contributed by atoms with Crippen molar-refractivity contribution in [1.82, 2.24) is 0 Å². The number of halogens is 3. The van der Waals surface area contributed by atoms with Crippen molar-refractivity contribution in [3.8, 4) is 0 Å². The molecule has 0 saturated heterocycles. The van der Waals surface area contributed by atoms with Crippen molar-refractivity contribution in [2.45, 2.75) is 4.90 Å². The molecule has 2 rings (SSSR count). The Hall–Kier alpha value is -1.44. The quantitative estimate of drug-likeness (QED) is 0.809. The summed E-state index contributed by atoms with van der Waals surface area (Å²) in [7, 11) is 1.36. The molecule has 0 fully saturated rings. The summed E-state index contributed by atoms with van der Waals surface area (Å²) < 4.78 is 36.2. The third kappa shape index (κ3) is 3.81. The maximum absolute atomic E-state index is 13.5. The molecule has 0 aliphatic heterocycles. The van der Waals surface area contributed by atoms with Gasteiger partial charge in [-0.3, -0.25) is 4.79 Å². The average Bonchev–Trinajstić information content (AvgIpc) is 2.40. The molecule has 1 N–H and O–H groups in total. The zero-order valence-electron chi connectivity index (χ0n) is 10.3. The van der Waals surface area contributed by atoms with Crippen molar-refractivity contribution in [1.29, 1.82) is 0 Å². The molecule has 0 saturated carbocycles. The van der Waals surface area contributed by atoms with E-state index in [1.165, 1.54) is 42.5 Å². The highest BCUT2D eigenvalue weighted by Gasteiger charge is 2.15. The third-order valence-corrected chi connectivity index (χ3v) is 4.60. The van der Waals surface area contributed by atoms with E-state index in [0.717, 1.165) is 0 Å². The fourth-order valence-electron chi connectivity index (χ4n) is 1.58. The summed E-state index contributed by atoms with van der Waals surface area (Å²) in [6.07, 6.45) is 0. The lowest BCUT2D eigenvalue weighted by Crippen LogP contribution is -2.14. The first-order chi connectivity index (χ1) is 9.79. The zero-order valence-corrected chi connectivity index (χ0v) is 13.5. The van der Waals surface area contributed by atoms with Crippen LogP contribution in [0.1, 0.15) is 10.4 Å². The van der Waals surface area contributed by atoms with Crippen molar-refractivity contribution >= 4 is 47.3 Å². The second-order valence-electron chi connectivity index (χ2n) is 4.01. The minimum absolute atomic E-state index is 0.111. The standard InChI is InChI=1S/C13H8BrClFNO3S/c14-10-7-8(21(15,19)20)5-6-12(10)17-13(18)9-3-1-2-4-11(9)16/h1-7H,(H,17,18). The molecule has 2 aromatic rings. The first-order valence-electron chi connectivity index (χ1n) is 5.59. The summed E-state index contributed by atoms with van der Waals surface area (Å²) in [4.78, 5) is 11.8. The number of nitrogens with one attached hydrogen (secondary N) is 1. The lowest BCUT2D eigenvalue weighted by Gasteiger charge is -2.09. The number of carbonyl (C=O) groups excluding carboxylic acids is 1. The highest BCUT2D eigenvalue weighted by molar-refractivity contribution is 9.10. The van der Waals surface area contributed by atoms with Gasteiger partial charge in [-0.25, -0.2) is 12.8 Å². The number of hydrogen-bond acceptors (Lipinski definition) is 3. The fraction of sp³-hybridized carbons (Fsp3) is 0. The van der Waals surface area contributed by atoms with Gasteiger partial charge in [-0.2, -0.15) is 0 Å². The lowest BCUT2D eigenvalue weighted by atomic mass is 10.2. The third-order valence-electron chi connectivity index (χ3n) is 2.59. The molecule has 0 heterocycles. The second-order valence-corrected chi connectivity index (χ2v) is 7.43. The van der Waals surface area contributed by atoms with Crippen LogP contribution in [0.25, 0.3) is 0 Å². The summed E-state index contributed by atoms with van der Waals surface area (Å²) in [6, 6.07) is 9.38. The van der Waals surface area contributed by atoms with Crippen LogP contribution in [-0.2, 0) is 9.05 Å². The van der Waals surface area contributed by atoms with Gasteiger partial charge in [-0.1, -0.05) is 12.1 Å². The van der Waals surface area contributed by atoms with Crippen LogP contribution < -0.4 is 5.32 Å². The maximum atomic E-state index is 13.5. The molecule has 0 aliphatic carbocycles. The lowest BCUT2D eigenvalue weighted by molar-refractivity contribution is 0.102. The van der Waals surface area contributed by atoms with Gasteiger partial charge in [0.25, 0.3) is 15.0 Å². The maximum Gasteiger partial charge on any atom is 0.261 e. The first-order valence-corrected chi connectivity index (χ1v) is 8.69. The number of hydrogen-bond donors (Lipinski definition) is 1. The highest BCUT2D eigenvalue weighted by atomic mass is 79.9. The van der Waals surface area contributed by atoms with Gasteiger partial charge in [0.05, 0.1) is 16.1 Å². The van der Waals surface area contributed by atoms with E-state index >= 15 is 0 Å². The number of amides is 1. The molecule has 0 radical (unpaired) electrons. The predicted octanol–water partition coefficient (Wildman–Crippen LogP) is 3.77. The van der Waals surface area contributed by atoms with E-state index in [4.69, 9.17) is 10.7 Å². The van der Waals surface area contributed by atoms with Crippen LogP contribution in [-0.4, -0.2) is 14.3 Å². The van der Waals surface area contributed by atoms with Crippen LogP contribution >= 0.6 is 26.6 Å². The van der Waals surface area contributed by atoms with Crippen LogP contribution in [0.15, 0.2) is 51.8 Å². The highest BCUT2D eigenvalue weighted by Crippen LogP contribution is 2.27. The van der Waals surface area contributed by atoms with Gasteiger partial charge >= 0.3 is 0 Å². The van der Waals surface area contributed by atoms with E-state index in [1.807, 2.05) is 0 Å². The fourth-order valence-corrected chi connectivity index (χ4v) is 2.99. The molecular formula is C13H8BrClFNO3S. The molecule has 0 aromatic heterocycles. The summed E-state index contributed by atoms with van der Waals surface area (Å²) in [5.41, 5.74) is 0.186. The molecule has 4 nitrogen and oxygen atoms in total. The number of benzene rings is 2. The summed E-state index contributed by atoms with van der Waals surface area (Å²) in [5.74, 6) is -1.29. The monoisotopic (exact) mass is 391 g/mol. The topological polar surface area (TPSA) is 63.2 Å². The van der Waals surface area contributed by atoms with Gasteiger partial charge in [0.1, 0.15) is 5.82 Å². The molecular weight excluding hydrogens is 385 g/mol. The largest absolute Gasteiger partial charge is 0.321 e.